The molecule has 0 aromatic heterocycles. The molecule has 0 spiro atoms. The van der Waals surface area contributed by atoms with Crippen LogP contribution in [0.2, 0.25) is 0 Å². The zero-order chi connectivity index (χ0) is 13.6. The zero-order valence-electron chi connectivity index (χ0n) is 11.0. The molecule has 0 bridgehead atoms. The molecule has 5 nitrogen and oxygen atoms in total. The number of nitrogens with one attached hydrogen (secondary N) is 1. The summed E-state index contributed by atoms with van der Waals surface area (Å²) in [5, 5.41) is 0. The largest absolute Gasteiger partial charge is 0.338 e. The molecule has 1 heterocycles. The van der Waals surface area contributed by atoms with E-state index < -0.39 is 10.0 Å². The van der Waals surface area contributed by atoms with Crippen LogP contribution in [0, 0.1) is 0 Å². The smallest absolute Gasteiger partial charge is 0.223 e. The maximum absolute atomic E-state index is 12.0. The lowest BCUT2D eigenvalue weighted by Gasteiger charge is -2.35. The van der Waals surface area contributed by atoms with E-state index in [0.29, 0.717) is 13.0 Å². The van der Waals surface area contributed by atoms with E-state index in [0.717, 1.165) is 37.8 Å². The van der Waals surface area contributed by atoms with Crippen LogP contribution < -0.4 is 4.72 Å². The number of hydrogen-bond donors (Lipinski definition) is 1. The molecular formula is C11H22N2O3S2. The van der Waals surface area contributed by atoms with E-state index in [1.807, 2.05) is 11.2 Å². The van der Waals surface area contributed by atoms with Crippen LogP contribution in [0.1, 0.15) is 25.7 Å². The minimum Gasteiger partial charge on any atom is -0.338 e. The first kappa shape index (κ1) is 15.8. The quantitative estimate of drug-likeness (QED) is 0.782. The highest BCUT2D eigenvalue weighted by Crippen LogP contribution is 2.18. The molecule has 0 aliphatic carbocycles. The van der Waals surface area contributed by atoms with Crippen molar-refractivity contribution in [2.75, 3.05) is 31.4 Å². The maximum atomic E-state index is 12.0. The Labute approximate surface area is 114 Å². The van der Waals surface area contributed by atoms with Crippen molar-refractivity contribution in [3.8, 4) is 0 Å². The van der Waals surface area contributed by atoms with Crippen LogP contribution in [0.4, 0.5) is 0 Å². The Hall–Kier alpha value is -0.270. The summed E-state index contributed by atoms with van der Waals surface area (Å²) in [6, 6.07) is 0.0165. The third kappa shape index (κ3) is 5.58. The number of sulfonamides is 1. The van der Waals surface area contributed by atoms with Gasteiger partial charge in [-0.3, -0.25) is 4.79 Å². The highest BCUT2D eigenvalue weighted by atomic mass is 32.2. The van der Waals surface area contributed by atoms with E-state index in [4.69, 9.17) is 0 Å². The van der Waals surface area contributed by atoms with E-state index in [1.54, 1.807) is 11.8 Å². The maximum Gasteiger partial charge on any atom is 0.223 e. The summed E-state index contributed by atoms with van der Waals surface area (Å²) in [5.41, 5.74) is 0. The highest BCUT2D eigenvalue weighted by molar-refractivity contribution is 7.98. The van der Waals surface area contributed by atoms with Gasteiger partial charge in [0.05, 0.1) is 6.26 Å². The lowest BCUT2D eigenvalue weighted by atomic mass is 10.0. The first-order valence-corrected chi connectivity index (χ1v) is 9.45. The molecule has 7 heteroatoms. The highest BCUT2D eigenvalue weighted by Gasteiger charge is 2.26. The molecule has 0 aromatic rings. The Kier molecular flexibility index (Phi) is 6.45. The molecule has 1 unspecified atom stereocenters. The molecule has 106 valence electrons. The number of rotatable bonds is 6. The van der Waals surface area contributed by atoms with Crippen molar-refractivity contribution in [2.45, 2.75) is 31.7 Å². The van der Waals surface area contributed by atoms with Gasteiger partial charge < -0.3 is 4.90 Å². The fourth-order valence-electron chi connectivity index (χ4n) is 2.12. The molecule has 1 N–H and O–H groups in total. The second-order valence-corrected chi connectivity index (χ2v) is 7.42. The van der Waals surface area contributed by atoms with Crippen LogP contribution in [-0.2, 0) is 14.8 Å². The number of piperidine rings is 1. The minimum absolute atomic E-state index is 0.0165. The third-order valence-electron chi connectivity index (χ3n) is 3.05. The van der Waals surface area contributed by atoms with Crippen molar-refractivity contribution in [1.29, 1.82) is 0 Å². The molecule has 1 rings (SSSR count). The van der Waals surface area contributed by atoms with Crippen LogP contribution >= 0.6 is 11.8 Å². The number of thioether (sulfide) groups is 1. The number of carbonyl (C=O) groups is 1. The normalized spacial score (nSPS) is 21.0. The summed E-state index contributed by atoms with van der Waals surface area (Å²) in [6.45, 7) is 1.09. The second-order valence-electron chi connectivity index (χ2n) is 4.60. The molecule has 0 aromatic carbocycles. The molecular weight excluding hydrogens is 272 g/mol. The SMILES string of the molecule is CSCCC(=O)N1CCCCC1CNS(C)(=O)=O. The molecule has 1 atom stereocenters. The summed E-state index contributed by atoms with van der Waals surface area (Å²) < 4.78 is 24.7. The van der Waals surface area contributed by atoms with Crippen molar-refractivity contribution in [3.63, 3.8) is 0 Å². The van der Waals surface area contributed by atoms with Gasteiger partial charge in [0.25, 0.3) is 0 Å². The summed E-state index contributed by atoms with van der Waals surface area (Å²) in [4.78, 5) is 13.9. The number of nitrogens with zero attached hydrogens (tertiary/aromatic N) is 1. The minimum atomic E-state index is -3.18. The number of hydrogen-bond acceptors (Lipinski definition) is 4. The Morgan fingerprint density at radius 3 is 2.78 bits per heavy atom. The summed E-state index contributed by atoms with van der Waals surface area (Å²) in [6.07, 6.45) is 6.62. The van der Waals surface area contributed by atoms with E-state index in [-0.39, 0.29) is 11.9 Å². The topological polar surface area (TPSA) is 66.5 Å². The van der Waals surface area contributed by atoms with Crippen molar-refractivity contribution in [1.82, 2.24) is 9.62 Å². The van der Waals surface area contributed by atoms with Gasteiger partial charge in [-0.05, 0) is 25.5 Å². The Bertz CT molecular complexity index is 370. The second kappa shape index (κ2) is 7.35. The summed E-state index contributed by atoms with van der Waals surface area (Å²) in [7, 11) is -3.18. The van der Waals surface area contributed by atoms with Crippen molar-refractivity contribution < 1.29 is 13.2 Å². The van der Waals surface area contributed by atoms with Crippen molar-refractivity contribution in [3.05, 3.63) is 0 Å². The lowest BCUT2D eigenvalue weighted by molar-refractivity contribution is -0.134. The van der Waals surface area contributed by atoms with Crippen LogP contribution in [-0.4, -0.2) is 56.6 Å². The van der Waals surface area contributed by atoms with E-state index in [1.165, 1.54) is 0 Å². The van der Waals surface area contributed by atoms with Crippen LogP contribution in [0.5, 0.6) is 0 Å². The molecule has 0 radical (unpaired) electrons. The predicted octanol–water partition coefficient (Wildman–Crippen LogP) is 0.670. The van der Waals surface area contributed by atoms with Crippen LogP contribution in [0.3, 0.4) is 0 Å². The van der Waals surface area contributed by atoms with Gasteiger partial charge in [0.2, 0.25) is 15.9 Å². The Morgan fingerprint density at radius 1 is 1.44 bits per heavy atom. The van der Waals surface area contributed by atoms with Gasteiger partial charge in [0.15, 0.2) is 0 Å². The van der Waals surface area contributed by atoms with E-state index in [2.05, 4.69) is 4.72 Å². The standard InChI is InChI=1S/C11H22N2O3S2/c1-17-8-6-11(14)13-7-4-3-5-10(13)9-12-18(2,15)16/h10,12H,3-9H2,1-2H3. The summed E-state index contributed by atoms with van der Waals surface area (Å²) in [5.74, 6) is 0.964. The van der Waals surface area contributed by atoms with Crippen LogP contribution in [0.15, 0.2) is 0 Å². The van der Waals surface area contributed by atoms with Crippen molar-refractivity contribution >= 4 is 27.7 Å². The summed E-state index contributed by atoms with van der Waals surface area (Å²) >= 11 is 1.65. The zero-order valence-corrected chi connectivity index (χ0v) is 12.6. The van der Waals surface area contributed by atoms with Gasteiger partial charge in [-0.15, -0.1) is 0 Å². The van der Waals surface area contributed by atoms with Crippen LogP contribution in [0.25, 0.3) is 0 Å². The molecule has 18 heavy (non-hydrogen) atoms. The predicted molar refractivity (Wildman–Crippen MR) is 75.2 cm³/mol. The third-order valence-corrected chi connectivity index (χ3v) is 4.35. The van der Waals surface area contributed by atoms with Gasteiger partial charge >= 0.3 is 0 Å². The van der Waals surface area contributed by atoms with Crippen molar-refractivity contribution in [2.24, 2.45) is 0 Å². The first-order chi connectivity index (χ1) is 8.44. The van der Waals surface area contributed by atoms with Gasteiger partial charge in [-0.1, -0.05) is 0 Å². The van der Waals surface area contributed by atoms with E-state index >= 15 is 0 Å². The average Bonchev–Trinajstić information content (AvgIpc) is 2.33. The van der Waals surface area contributed by atoms with Gasteiger partial charge in [-0.25, -0.2) is 13.1 Å². The molecule has 1 saturated heterocycles. The van der Waals surface area contributed by atoms with E-state index in [9.17, 15) is 13.2 Å². The fraction of sp³-hybridized carbons (Fsp3) is 0.909. The fourth-order valence-corrected chi connectivity index (χ4v) is 3.00. The number of carbonyl (C=O) groups excluding carboxylic acids is 1. The molecule has 0 saturated carbocycles. The van der Waals surface area contributed by atoms with Gasteiger partial charge in [0.1, 0.15) is 0 Å². The number of amides is 1. The lowest BCUT2D eigenvalue weighted by Crippen LogP contribution is -2.49. The molecule has 1 aliphatic heterocycles. The Morgan fingerprint density at radius 2 is 2.17 bits per heavy atom. The molecule has 1 aliphatic rings. The van der Waals surface area contributed by atoms with Gasteiger partial charge in [0, 0.05) is 31.3 Å². The molecule has 1 fully saturated rings. The monoisotopic (exact) mass is 294 g/mol. The first-order valence-electron chi connectivity index (χ1n) is 6.17. The Balaban J connectivity index is 2.53. The molecule has 1 amide bonds. The number of likely N-dealkylation sites (tertiary alicyclic amines) is 1. The van der Waals surface area contributed by atoms with Gasteiger partial charge in [-0.2, -0.15) is 11.8 Å². The average molecular weight is 294 g/mol.